The SMILES string of the molecule is CCCC1CC2CCCCC2CN1I. The predicted molar refractivity (Wildman–Crippen MR) is 69.5 cm³/mol. The Bertz CT molecular complexity index is 181. The highest BCUT2D eigenvalue weighted by molar-refractivity contribution is 14.1. The second kappa shape index (κ2) is 5.15. The van der Waals surface area contributed by atoms with Gasteiger partial charge in [0.2, 0.25) is 0 Å². The molecule has 0 aromatic heterocycles. The lowest BCUT2D eigenvalue weighted by atomic mass is 9.73. The molecule has 0 N–H and O–H groups in total. The van der Waals surface area contributed by atoms with Gasteiger partial charge in [-0.3, -0.25) is 0 Å². The highest BCUT2D eigenvalue weighted by Crippen LogP contribution is 2.40. The van der Waals surface area contributed by atoms with Gasteiger partial charge in [0, 0.05) is 35.5 Å². The van der Waals surface area contributed by atoms with Crippen LogP contribution in [-0.4, -0.2) is 15.7 Å². The average Bonchev–Trinajstić information content (AvgIpc) is 2.19. The van der Waals surface area contributed by atoms with E-state index in [4.69, 9.17) is 0 Å². The van der Waals surface area contributed by atoms with Crippen LogP contribution in [0.4, 0.5) is 0 Å². The monoisotopic (exact) mass is 307 g/mol. The van der Waals surface area contributed by atoms with Crippen molar-refractivity contribution < 1.29 is 0 Å². The molecule has 0 aromatic rings. The van der Waals surface area contributed by atoms with Crippen LogP contribution in [0.25, 0.3) is 0 Å². The van der Waals surface area contributed by atoms with Gasteiger partial charge in [-0.1, -0.05) is 32.6 Å². The zero-order valence-corrected chi connectivity index (χ0v) is 11.4. The topological polar surface area (TPSA) is 3.24 Å². The molecule has 1 saturated heterocycles. The summed E-state index contributed by atoms with van der Waals surface area (Å²) in [6.07, 6.45) is 10.3. The van der Waals surface area contributed by atoms with E-state index in [1.807, 2.05) is 0 Å². The molecule has 1 saturated carbocycles. The smallest absolute Gasteiger partial charge is 0.0204 e. The summed E-state index contributed by atoms with van der Waals surface area (Å²) in [4.78, 5) is 0. The van der Waals surface area contributed by atoms with E-state index in [0.717, 1.165) is 17.9 Å². The Hall–Kier alpha value is 0.690. The Labute approximate surface area is 102 Å². The van der Waals surface area contributed by atoms with E-state index in [1.54, 1.807) is 0 Å². The minimum Gasteiger partial charge on any atom is -0.244 e. The van der Waals surface area contributed by atoms with Crippen molar-refractivity contribution in [1.29, 1.82) is 0 Å². The second-order valence-corrected chi connectivity index (χ2v) is 6.30. The summed E-state index contributed by atoms with van der Waals surface area (Å²) in [5.74, 6) is 2.11. The van der Waals surface area contributed by atoms with Crippen LogP contribution in [0.5, 0.6) is 0 Å². The van der Waals surface area contributed by atoms with Crippen molar-refractivity contribution in [2.45, 2.75) is 57.9 Å². The summed E-state index contributed by atoms with van der Waals surface area (Å²) >= 11 is 2.56. The first-order chi connectivity index (χ1) is 6.81. The molecule has 0 amide bonds. The van der Waals surface area contributed by atoms with Crippen molar-refractivity contribution in [3.05, 3.63) is 0 Å². The number of rotatable bonds is 2. The molecule has 2 rings (SSSR count). The molecular formula is C12H22IN. The lowest BCUT2D eigenvalue weighted by Gasteiger charge is -2.43. The van der Waals surface area contributed by atoms with Crippen LogP contribution in [0.1, 0.15) is 51.9 Å². The molecule has 1 heterocycles. The summed E-state index contributed by atoms with van der Waals surface area (Å²) in [6.45, 7) is 3.69. The van der Waals surface area contributed by atoms with E-state index in [-0.39, 0.29) is 0 Å². The third-order valence-electron chi connectivity index (χ3n) is 4.07. The molecule has 0 spiro atoms. The fourth-order valence-electron chi connectivity index (χ4n) is 3.26. The standard InChI is InChI=1S/C12H22IN/c1-2-5-12-8-10-6-3-4-7-11(10)9-14(12)13/h10-12H,2-9H2,1H3. The van der Waals surface area contributed by atoms with Crippen molar-refractivity contribution in [3.8, 4) is 0 Å². The maximum atomic E-state index is 2.60. The van der Waals surface area contributed by atoms with Gasteiger partial charge in [0.25, 0.3) is 0 Å². The van der Waals surface area contributed by atoms with Crippen LogP contribution >= 0.6 is 22.9 Å². The van der Waals surface area contributed by atoms with Gasteiger partial charge < -0.3 is 0 Å². The Morgan fingerprint density at radius 3 is 2.64 bits per heavy atom. The third kappa shape index (κ3) is 2.43. The molecule has 2 heteroatoms. The first kappa shape index (κ1) is 11.2. The van der Waals surface area contributed by atoms with E-state index < -0.39 is 0 Å². The molecule has 0 aromatic carbocycles. The molecule has 0 radical (unpaired) electrons. The molecule has 3 atom stereocenters. The maximum absolute atomic E-state index is 2.60. The molecule has 2 fully saturated rings. The van der Waals surface area contributed by atoms with Gasteiger partial charge in [-0.2, -0.15) is 0 Å². The summed E-state index contributed by atoms with van der Waals surface area (Å²) in [5.41, 5.74) is 0. The van der Waals surface area contributed by atoms with E-state index in [9.17, 15) is 0 Å². The second-order valence-electron chi connectivity index (χ2n) is 5.07. The molecule has 1 aliphatic carbocycles. The minimum atomic E-state index is 0.889. The summed E-state index contributed by atoms with van der Waals surface area (Å²) in [7, 11) is 0. The fraction of sp³-hybridized carbons (Fsp3) is 1.00. The summed E-state index contributed by atoms with van der Waals surface area (Å²) < 4.78 is 2.60. The molecule has 3 unspecified atom stereocenters. The Balaban J connectivity index is 1.92. The molecule has 0 bridgehead atoms. The number of fused-ring (bicyclic) bond motifs is 1. The van der Waals surface area contributed by atoms with Crippen molar-refractivity contribution in [2.75, 3.05) is 6.54 Å². The van der Waals surface area contributed by atoms with Crippen molar-refractivity contribution in [2.24, 2.45) is 11.8 Å². The zero-order chi connectivity index (χ0) is 9.97. The molecule has 1 nitrogen and oxygen atoms in total. The lowest BCUT2D eigenvalue weighted by Crippen LogP contribution is -2.43. The van der Waals surface area contributed by atoms with Crippen LogP contribution in [0, 0.1) is 11.8 Å². The molecule has 1 aliphatic heterocycles. The summed E-state index contributed by atoms with van der Waals surface area (Å²) in [6, 6.07) is 0.889. The highest BCUT2D eigenvalue weighted by Gasteiger charge is 2.35. The van der Waals surface area contributed by atoms with Gasteiger partial charge in [-0.25, -0.2) is 3.11 Å². The Kier molecular flexibility index (Phi) is 4.11. The number of halogens is 1. The van der Waals surface area contributed by atoms with Gasteiger partial charge in [-0.15, -0.1) is 0 Å². The molecule has 82 valence electrons. The van der Waals surface area contributed by atoms with Gasteiger partial charge in [0.1, 0.15) is 0 Å². The van der Waals surface area contributed by atoms with E-state index in [1.165, 1.54) is 51.5 Å². The average molecular weight is 307 g/mol. The minimum absolute atomic E-state index is 0.889. The quantitative estimate of drug-likeness (QED) is 0.550. The van der Waals surface area contributed by atoms with Gasteiger partial charge in [0.05, 0.1) is 0 Å². The number of hydrogen-bond donors (Lipinski definition) is 0. The predicted octanol–water partition coefficient (Wildman–Crippen LogP) is 4.02. The van der Waals surface area contributed by atoms with Gasteiger partial charge in [0.15, 0.2) is 0 Å². The lowest BCUT2D eigenvalue weighted by molar-refractivity contribution is 0.107. The van der Waals surface area contributed by atoms with Crippen LogP contribution in [0.15, 0.2) is 0 Å². The fourth-order valence-corrected chi connectivity index (χ4v) is 4.28. The van der Waals surface area contributed by atoms with Crippen molar-refractivity contribution >= 4 is 22.9 Å². The molecule has 2 aliphatic rings. The first-order valence-electron chi connectivity index (χ1n) is 6.23. The third-order valence-corrected chi connectivity index (χ3v) is 5.25. The van der Waals surface area contributed by atoms with Gasteiger partial charge in [-0.05, 0) is 31.1 Å². The van der Waals surface area contributed by atoms with E-state index >= 15 is 0 Å². The van der Waals surface area contributed by atoms with Crippen molar-refractivity contribution in [3.63, 3.8) is 0 Å². The Morgan fingerprint density at radius 2 is 1.93 bits per heavy atom. The van der Waals surface area contributed by atoms with E-state index in [0.29, 0.717) is 0 Å². The van der Waals surface area contributed by atoms with Crippen LogP contribution in [0.2, 0.25) is 0 Å². The van der Waals surface area contributed by atoms with Gasteiger partial charge >= 0.3 is 0 Å². The number of hydrogen-bond acceptors (Lipinski definition) is 1. The molecule has 14 heavy (non-hydrogen) atoms. The van der Waals surface area contributed by atoms with E-state index in [2.05, 4.69) is 32.9 Å². The first-order valence-corrected chi connectivity index (χ1v) is 7.20. The zero-order valence-electron chi connectivity index (χ0n) is 9.21. The Morgan fingerprint density at radius 1 is 1.21 bits per heavy atom. The van der Waals surface area contributed by atoms with Crippen molar-refractivity contribution in [1.82, 2.24) is 3.11 Å². The maximum Gasteiger partial charge on any atom is 0.0204 e. The highest BCUT2D eigenvalue weighted by atomic mass is 127. The normalized spacial score (nSPS) is 39.4. The molecular weight excluding hydrogens is 285 g/mol. The number of piperidine rings is 1. The summed E-state index contributed by atoms with van der Waals surface area (Å²) in [5, 5.41) is 0. The largest absolute Gasteiger partial charge is 0.244 e. The van der Waals surface area contributed by atoms with Crippen LogP contribution < -0.4 is 0 Å². The van der Waals surface area contributed by atoms with Crippen LogP contribution in [0.3, 0.4) is 0 Å². The van der Waals surface area contributed by atoms with Crippen LogP contribution in [-0.2, 0) is 0 Å². The number of nitrogens with zero attached hydrogens (tertiary/aromatic N) is 1.